The Morgan fingerprint density at radius 3 is 1.17 bits per heavy atom. The molecule has 343 valence electrons. The summed E-state index contributed by atoms with van der Waals surface area (Å²) in [6, 6.07) is 11.0. The molecule has 0 aliphatic carbocycles. The van der Waals surface area contributed by atoms with Gasteiger partial charge in [-0.15, -0.1) is 0 Å². The first-order valence-electron chi connectivity index (χ1n) is 20.0. The maximum atomic E-state index is 11.4. The monoisotopic (exact) mass is 951 g/mol. The van der Waals surface area contributed by atoms with Crippen molar-refractivity contribution in [3.8, 4) is 0 Å². The molecule has 2 aromatic rings. The standard InChI is InChI=1S/C20H33NO6.C19H31NO6.CH4.3CH3.H2O.Sn/c1-3-8-26-10-11-27-9-7-21(6-4-5-20(24)25-2)19-13-17(15-22)12-18(14-19)16-23;1-2-7-25-9-10-26-8-6-20(5-3-4-19(23)24)18-12-16(14-21)11-17(13-18)15-22;;;;;;/h12-14,22-23H,3-11,15-16H2,1-2H3;11-13,21-22H,2-10,14-15H2,1H3,(H,23,24);1H4;3*1H3;1H2;. The Hall–Kier alpha value is -2.58. The van der Waals surface area contributed by atoms with Gasteiger partial charge in [-0.3, -0.25) is 9.59 Å². The van der Waals surface area contributed by atoms with E-state index in [-0.39, 0.29) is 51.7 Å². The molecule has 0 saturated heterocycles. The molecule has 0 aliphatic heterocycles. The zero-order chi connectivity index (χ0) is 42.7. The molecular formula is C43H79N2O13Sn. The predicted octanol–water partition coefficient (Wildman–Crippen LogP) is 4.84. The third-order valence-electron chi connectivity index (χ3n) is 7.84. The van der Waals surface area contributed by atoms with Crippen molar-refractivity contribution in [3.63, 3.8) is 0 Å². The molecule has 16 heteroatoms. The van der Waals surface area contributed by atoms with E-state index >= 15 is 0 Å². The molecule has 2 aromatic carbocycles. The Morgan fingerprint density at radius 2 is 0.881 bits per heavy atom. The van der Waals surface area contributed by atoms with Gasteiger partial charge in [-0.2, -0.15) is 0 Å². The van der Waals surface area contributed by atoms with Crippen molar-refractivity contribution >= 4 is 43.1 Å². The van der Waals surface area contributed by atoms with Gasteiger partial charge in [0.2, 0.25) is 0 Å². The van der Waals surface area contributed by atoms with Crippen LogP contribution in [-0.2, 0) is 59.7 Å². The molecule has 2 rings (SSSR count). The topological polar surface area (TPSA) is 219 Å². The molecule has 15 nitrogen and oxygen atoms in total. The van der Waals surface area contributed by atoms with Crippen LogP contribution in [0.15, 0.2) is 36.4 Å². The number of esters is 1. The molecule has 0 heterocycles. The van der Waals surface area contributed by atoms with E-state index in [9.17, 15) is 30.0 Å². The van der Waals surface area contributed by atoms with Crippen LogP contribution >= 0.6 is 0 Å². The molecule has 0 aliphatic rings. The summed E-state index contributed by atoms with van der Waals surface area (Å²) in [4.78, 5) is 33.4. The van der Waals surface area contributed by atoms with Crippen molar-refractivity contribution in [2.24, 2.45) is 0 Å². The zero-order valence-electron chi connectivity index (χ0n) is 36.0. The quantitative estimate of drug-likeness (QED) is 0.0402. The van der Waals surface area contributed by atoms with Gasteiger partial charge >= 0.3 is 46.5 Å². The molecule has 0 saturated carbocycles. The number of carboxylic acid groups (broad SMARTS) is 1. The summed E-state index contributed by atoms with van der Waals surface area (Å²) < 4.78 is 26.7. The van der Waals surface area contributed by atoms with Gasteiger partial charge in [0.15, 0.2) is 0 Å². The average Bonchev–Trinajstić information content (AvgIpc) is 3.20. The van der Waals surface area contributed by atoms with Crippen LogP contribution in [0.25, 0.3) is 0 Å². The van der Waals surface area contributed by atoms with E-state index in [4.69, 9.17) is 28.8 Å². The molecule has 1 radical (unpaired) electrons. The first-order chi connectivity index (χ1) is 27.5. The van der Waals surface area contributed by atoms with Crippen LogP contribution in [0.4, 0.5) is 11.4 Å². The van der Waals surface area contributed by atoms with Crippen LogP contribution in [0.2, 0.25) is 14.8 Å². The Bertz CT molecular complexity index is 1260. The summed E-state index contributed by atoms with van der Waals surface area (Å²) in [6.07, 6.45) is 3.55. The van der Waals surface area contributed by atoms with E-state index in [1.807, 2.05) is 29.2 Å². The summed E-state index contributed by atoms with van der Waals surface area (Å²) in [5.41, 5.74) is 4.64. The van der Waals surface area contributed by atoms with Crippen LogP contribution in [0.5, 0.6) is 0 Å². The minimum absolute atomic E-state index is 0. The minimum atomic E-state index is -0.825. The summed E-state index contributed by atoms with van der Waals surface area (Å²) in [6.45, 7) is 10.8. The van der Waals surface area contributed by atoms with Gasteiger partial charge in [-0.25, -0.2) is 0 Å². The van der Waals surface area contributed by atoms with E-state index in [1.54, 1.807) is 12.1 Å². The number of aliphatic hydroxyl groups excluding tert-OH is 4. The number of hydrogen-bond acceptors (Lipinski definition) is 13. The number of rotatable bonds is 30. The van der Waals surface area contributed by atoms with Gasteiger partial charge in [0.25, 0.3) is 0 Å². The fourth-order valence-electron chi connectivity index (χ4n) is 5.18. The van der Waals surface area contributed by atoms with Crippen LogP contribution in [0.1, 0.15) is 82.1 Å². The molecular weight excluding hydrogens is 871 g/mol. The van der Waals surface area contributed by atoms with Crippen LogP contribution in [0, 0.1) is 0 Å². The molecule has 0 amide bonds. The van der Waals surface area contributed by atoms with Gasteiger partial charge in [0.05, 0.1) is 73.2 Å². The first kappa shape index (κ1) is 60.7. The van der Waals surface area contributed by atoms with Crippen LogP contribution in [-0.4, -0.2) is 149 Å². The number of nitrogens with zero attached hydrogens (tertiary/aromatic N) is 2. The fraction of sp³-hybridized carbons (Fsp3) is 0.674. The summed E-state index contributed by atoms with van der Waals surface area (Å²) in [5, 5.41) is 46.6. The second-order valence-corrected chi connectivity index (χ2v) is 22.3. The van der Waals surface area contributed by atoms with Crippen molar-refractivity contribution < 1.29 is 64.3 Å². The van der Waals surface area contributed by atoms with Gasteiger partial charge in [-0.05, 0) is 72.2 Å². The number of methoxy groups -OCH3 is 1. The average molecular weight is 951 g/mol. The second-order valence-electron chi connectivity index (χ2n) is 13.7. The first-order valence-corrected chi connectivity index (χ1v) is 28.6. The third kappa shape index (κ3) is 32.8. The van der Waals surface area contributed by atoms with Gasteiger partial charge < -0.3 is 64.5 Å². The van der Waals surface area contributed by atoms with E-state index in [0.717, 1.165) is 48.6 Å². The maximum absolute atomic E-state index is 11.4. The number of benzene rings is 2. The van der Waals surface area contributed by atoms with Crippen LogP contribution < -0.4 is 9.80 Å². The van der Waals surface area contributed by atoms with E-state index in [2.05, 4.69) is 33.6 Å². The Labute approximate surface area is 361 Å². The SMILES string of the molecule is C.CCCOCCOCCN(CCCC(=O)O)c1cc(CO)cc(CO)c1.CCCOCCOCCN(CCCC(=O)OC)c1cc(CO)cc(CO)c1.O.[CH3][Sn]([CH3])[CH3]. The molecule has 0 unspecified atom stereocenters. The van der Waals surface area contributed by atoms with Crippen molar-refractivity contribution in [2.45, 2.75) is 101 Å². The van der Waals surface area contributed by atoms with E-state index in [0.29, 0.717) is 96.2 Å². The van der Waals surface area contributed by atoms with Crippen LogP contribution in [0.3, 0.4) is 0 Å². The number of hydrogen-bond donors (Lipinski definition) is 5. The Kier molecular flexibility index (Phi) is 42.0. The number of carboxylic acids is 1. The molecule has 59 heavy (non-hydrogen) atoms. The predicted molar refractivity (Wildman–Crippen MR) is 237 cm³/mol. The number of aliphatic carboxylic acids is 1. The van der Waals surface area contributed by atoms with Gasteiger partial charge in [-0.1, -0.05) is 33.4 Å². The fourth-order valence-corrected chi connectivity index (χ4v) is 5.18. The van der Waals surface area contributed by atoms with E-state index < -0.39 is 25.7 Å². The normalized spacial score (nSPS) is 10.4. The Morgan fingerprint density at radius 1 is 0.559 bits per heavy atom. The third-order valence-corrected chi connectivity index (χ3v) is 7.84. The number of carbonyl (C=O) groups excluding carboxylic acids is 1. The second kappa shape index (κ2) is 40.8. The molecule has 0 spiro atoms. The molecule has 0 aromatic heterocycles. The van der Waals surface area contributed by atoms with Crippen molar-refractivity contribution in [1.29, 1.82) is 0 Å². The molecule has 0 fully saturated rings. The van der Waals surface area contributed by atoms with Gasteiger partial charge in [0.1, 0.15) is 0 Å². The number of aliphatic hydroxyl groups is 4. The number of ether oxygens (including phenoxy) is 5. The molecule has 7 N–H and O–H groups in total. The van der Waals surface area contributed by atoms with Gasteiger partial charge in [0, 0.05) is 63.6 Å². The van der Waals surface area contributed by atoms with Crippen molar-refractivity contribution in [1.82, 2.24) is 0 Å². The number of anilines is 2. The Balaban J connectivity index is -0.000000944. The van der Waals surface area contributed by atoms with E-state index in [1.165, 1.54) is 7.11 Å². The molecule has 0 atom stereocenters. The summed E-state index contributed by atoms with van der Waals surface area (Å²) >= 11 is -0.543. The molecule has 0 bridgehead atoms. The van der Waals surface area contributed by atoms with Crippen molar-refractivity contribution in [2.75, 3.05) is 95.9 Å². The zero-order valence-corrected chi connectivity index (χ0v) is 38.9. The number of carbonyl (C=O) groups is 2. The summed E-state index contributed by atoms with van der Waals surface area (Å²) in [7, 11) is 1.38. The van der Waals surface area contributed by atoms with Crippen molar-refractivity contribution in [3.05, 3.63) is 58.7 Å². The summed E-state index contributed by atoms with van der Waals surface area (Å²) in [5.74, 6) is -1.06.